The summed E-state index contributed by atoms with van der Waals surface area (Å²) < 4.78 is 0. The van der Waals surface area contributed by atoms with E-state index in [0.717, 1.165) is 41.5 Å². The number of aryl methyl sites for hydroxylation is 1. The highest BCUT2D eigenvalue weighted by Crippen LogP contribution is 2.29. The summed E-state index contributed by atoms with van der Waals surface area (Å²) in [5, 5.41) is 1.80. The van der Waals surface area contributed by atoms with Gasteiger partial charge in [-0.05, 0) is 37.9 Å². The molecule has 1 atom stereocenters. The first-order chi connectivity index (χ1) is 11.0. The van der Waals surface area contributed by atoms with Crippen molar-refractivity contribution in [2.75, 3.05) is 20.6 Å². The highest BCUT2D eigenvalue weighted by atomic mass is 35.5. The number of aromatic nitrogens is 1. The molecule has 2 heterocycles. The number of halogens is 1. The summed E-state index contributed by atoms with van der Waals surface area (Å²) in [4.78, 5) is 20.9. The molecule has 0 saturated carbocycles. The van der Waals surface area contributed by atoms with Gasteiger partial charge in [0.25, 0.3) is 0 Å². The molecule has 4 nitrogen and oxygen atoms in total. The number of fused-ring (bicyclic) bond motifs is 1. The lowest BCUT2D eigenvalue weighted by molar-refractivity contribution is -0.133. The molecule has 3 rings (SSSR count). The third-order valence-electron chi connectivity index (χ3n) is 4.59. The lowest BCUT2D eigenvalue weighted by atomic mass is 10.1. The maximum atomic E-state index is 12.3. The first-order valence-electron chi connectivity index (χ1n) is 7.98. The number of likely N-dealkylation sites (N-methyl/N-ethyl adjacent to an activating group) is 1. The van der Waals surface area contributed by atoms with Crippen molar-refractivity contribution in [3.05, 3.63) is 40.5 Å². The Morgan fingerprint density at radius 1 is 1.39 bits per heavy atom. The predicted octanol–water partition coefficient (Wildman–Crippen LogP) is 3.25. The lowest BCUT2D eigenvalue weighted by Crippen LogP contribution is -2.42. The van der Waals surface area contributed by atoms with Gasteiger partial charge in [-0.3, -0.25) is 9.69 Å². The van der Waals surface area contributed by atoms with E-state index in [1.807, 2.05) is 45.3 Å². The summed E-state index contributed by atoms with van der Waals surface area (Å²) in [5.74, 6) is 0.163. The molecule has 1 amide bonds. The van der Waals surface area contributed by atoms with Gasteiger partial charge in [0.15, 0.2) is 0 Å². The molecule has 1 aliphatic heterocycles. The largest absolute Gasteiger partial charge is 0.347 e. The van der Waals surface area contributed by atoms with Gasteiger partial charge in [-0.2, -0.15) is 0 Å². The third-order valence-corrected chi connectivity index (χ3v) is 5.09. The number of pyridine rings is 1. The molecule has 0 N–H and O–H groups in total. The summed E-state index contributed by atoms with van der Waals surface area (Å²) in [6.07, 6.45) is 1.94. The van der Waals surface area contributed by atoms with Crippen LogP contribution in [-0.2, 0) is 11.3 Å². The summed E-state index contributed by atoms with van der Waals surface area (Å²) in [5.41, 5.74) is 2.88. The van der Waals surface area contributed by atoms with Crippen LogP contribution in [0, 0.1) is 6.92 Å². The molecule has 0 aliphatic carbocycles. The maximum Gasteiger partial charge on any atom is 0.239 e. The SMILES string of the molecule is Cc1c(Cl)c(CN2CCCC2C(=O)N(C)C)nc2ccccc12. The van der Waals surface area contributed by atoms with E-state index in [9.17, 15) is 4.79 Å². The number of benzene rings is 1. The molecule has 1 aromatic heterocycles. The number of amides is 1. The minimum atomic E-state index is -0.0605. The molecule has 0 bridgehead atoms. The van der Waals surface area contributed by atoms with Crippen molar-refractivity contribution in [2.24, 2.45) is 0 Å². The van der Waals surface area contributed by atoms with Crippen LogP contribution >= 0.6 is 11.6 Å². The molecule has 1 aliphatic rings. The lowest BCUT2D eigenvalue weighted by Gasteiger charge is -2.26. The molecule has 2 aromatic rings. The van der Waals surface area contributed by atoms with Crippen molar-refractivity contribution in [3.63, 3.8) is 0 Å². The number of rotatable bonds is 3. The van der Waals surface area contributed by atoms with Gasteiger partial charge in [-0.15, -0.1) is 0 Å². The van der Waals surface area contributed by atoms with E-state index in [1.54, 1.807) is 4.90 Å². The molecule has 0 spiro atoms. The van der Waals surface area contributed by atoms with Crippen LogP contribution < -0.4 is 0 Å². The Morgan fingerprint density at radius 2 is 2.13 bits per heavy atom. The second-order valence-corrected chi connectivity index (χ2v) is 6.75. The van der Waals surface area contributed by atoms with Crippen LogP contribution in [0.25, 0.3) is 10.9 Å². The van der Waals surface area contributed by atoms with Crippen LogP contribution in [0.15, 0.2) is 24.3 Å². The molecule has 5 heteroatoms. The third kappa shape index (κ3) is 3.06. The Morgan fingerprint density at radius 3 is 2.87 bits per heavy atom. The molecule has 1 saturated heterocycles. The monoisotopic (exact) mass is 331 g/mol. The van der Waals surface area contributed by atoms with E-state index in [2.05, 4.69) is 4.90 Å². The topological polar surface area (TPSA) is 36.4 Å². The second kappa shape index (κ2) is 6.46. The number of hydrogen-bond acceptors (Lipinski definition) is 3. The Balaban J connectivity index is 1.92. The molecular weight excluding hydrogens is 310 g/mol. The first-order valence-corrected chi connectivity index (χ1v) is 8.35. The highest BCUT2D eigenvalue weighted by Gasteiger charge is 2.32. The first kappa shape index (κ1) is 16.2. The quantitative estimate of drug-likeness (QED) is 0.866. The van der Waals surface area contributed by atoms with Crippen LogP contribution in [-0.4, -0.2) is 47.4 Å². The van der Waals surface area contributed by atoms with Gasteiger partial charge in [-0.25, -0.2) is 4.98 Å². The Kier molecular flexibility index (Phi) is 4.55. The summed E-state index contributed by atoms with van der Waals surface area (Å²) in [7, 11) is 3.62. The number of likely N-dealkylation sites (tertiary alicyclic amines) is 1. The number of hydrogen-bond donors (Lipinski definition) is 0. The van der Waals surface area contributed by atoms with Crippen molar-refractivity contribution in [2.45, 2.75) is 32.4 Å². The number of carbonyl (C=O) groups is 1. The minimum absolute atomic E-state index is 0.0605. The Labute approximate surface area is 142 Å². The van der Waals surface area contributed by atoms with Gasteiger partial charge < -0.3 is 4.90 Å². The zero-order valence-corrected chi connectivity index (χ0v) is 14.6. The van der Waals surface area contributed by atoms with Gasteiger partial charge in [-0.1, -0.05) is 29.8 Å². The van der Waals surface area contributed by atoms with Gasteiger partial charge in [0.1, 0.15) is 0 Å². The Hall–Kier alpha value is -1.65. The van der Waals surface area contributed by atoms with Crippen molar-refractivity contribution in [1.82, 2.24) is 14.8 Å². The molecule has 1 unspecified atom stereocenters. The predicted molar refractivity (Wildman–Crippen MR) is 93.6 cm³/mol. The summed E-state index contributed by atoms with van der Waals surface area (Å²) in [6.45, 7) is 3.56. The Bertz CT molecular complexity index is 744. The smallest absolute Gasteiger partial charge is 0.239 e. The average molecular weight is 332 g/mol. The standard InChI is InChI=1S/C18H22ClN3O/c1-12-13-7-4-5-8-14(13)20-15(17(12)19)11-22-10-6-9-16(22)18(23)21(2)3/h4-5,7-8,16H,6,9-11H2,1-3H3. The van der Waals surface area contributed by atoms with Gasteiger partial charge in [0.05, 0.1) is 22.3 Å². The van der Waals surface area contributed by atoms with E-state index in [0.29, 0.717) is 11.6 Å². The van der Waals surface area contributed by atoms with Crippen molar-refractivity contribution < 1.29 is 4.79 Å². The van der Waals surface area contributed by atoms with Crippen molar-refractivity contribution in [1.29, 1.82) is 0 Å². The van der Waals surface area contributed by atoms with Crippen molar-refractivity contribution >= 4 is 28.4 Å². The number of carbonyl (C=O) groups excluding carboxylic acids is 1. The van der Waals surface area contributed by atoms with Gasteiger partial charge in [0.2, 0.25) is 5.91 Å². The fraction of sp³-hybridized carbons (Fsp3) is 0.444. The number of nitrogens with zero attached hydrogens (tertiary/aromatic N) is 3. The molecule has 122 valence electrons. The normalized spacial score (nSPS) is 18.5. The molecule has 23 heavy (non-hydrogen) atoms. The van der Waals surface area contributed by atoms with E-state index in [1.165, 1.54) is 0 Å². The molecule has 1 fully saturated rings. The van der Waals surface area contributed by atoms with Crippen LogP contribution in [0.5, 0.6) is 0 Å². The summed E-state index contributed by atoms with van der Waals surface area (Å²) >= 11 is 6.56. The second-order valence-electron chi connectivity index (χ2n) is 6.38. The van der Waals surface area contributed by atoms with E-state index >= 15 is 0 Å². The van der Waals surface area contributed by atoms with Crippen LogP contribution in [0.4, 0.5) is 0 Å². The van der Waals surface area contributed by atoms with Gasteiger partial charge >= 0.3 is 0 Å². The van der Waals surface area contributed by atoms with E-state index in [-0.39, 0.29) is 11.9 Å². The van der Waals surface area contributed by atoms with E-state index in [4.69, 9.17) is 16.6 Å². The highest BCUT2D eigenvalue weighted by molar-refractivity contribution is 6.32. The number of para-hydroxylation sites is 1. The van der Waals surface area contributed by atoms with Crippen LogP contribution in [0.3, 0.4) is 0 Å². The van der Waals surface area contributed by atoms with Crippen LogP contribution in [0.2, 0.25) is 5.02 Å². The summed E-state index contributed by atoms with van der Waals surface area (Å²) in [6, 6.07) is 7.98. The fourth-order valence-corrected chi connectivity index (χ4v) is 3.51. The molecular formula is C18H22ClN3O. The molecule has 0 radical (unpaired) electrons. The van der Waals surface area contributed by atoms with Gasteiger partial charge in [0, 0.05) is 26.0 Å². The molecule has 1 aromatic carbocycles. The maximum absolute atomic E-state index is 12.3. The fourth-order valence-electron chi connectivity index (χ4n) is 3.31. The average Bonchev–Trinajstić information content (AvgIpc) is 2.99. The zero-order chi connectivity index (χ0) is 16.6. The minimum Gasteiger partial charge on any atom is -0.347 e. The van der Waals surface area contributed by atoms with E-state index < -0.39 is 0 Å². The van der Waals surface area contributed by atoms with Crippen LogP contribution in [0.1, 0.15) is 24.1 Å². The van der Waals surface area contributed by atoms with Crippen molar-refractivity contribution in [3.8, 4) is 0 Å². The zero-order valence-electron chi connectivity index (χ0n) is 13.8.